The minimum absolute atomic E-state index is 0.307. The lowest BCUT2D eigenvalue weighted by molar-refractivity contribution is 0.0692. The average Bonchev–Trinajstić information content (AvgIpc) is 2.72. The van der Waals surface area contributed by atoms with Gasteiger partial charge in [0.1, 0.15) is 18.2 Å². The van der Waals surface area contributed by atoms with Crippen LogP contribution in [-0.2, 0) is 6.61 Å². The molecule has 0 aliphatic rings. The van der Waals surface area contributed by atoms with Gasteiger partial charge in [0, 0.05) is 20.8 Å². The van der Waals surface area contributed by atoms with Gasteiger partial charge in [0.2, 0.25) is 0 Å². The summed E-state index contributed by atoms with van der Waals surface area (Å²) in [6, 6.07) is 5.62. The first-order valence-electron chi connectivity index (χ1n) is 4.95. The molecule has 18 heavy (non-hydrogen) atoms. The van der Waals surface area contributed by atoms with Crippen LogP contribution in [0.3, 0.4) is 0 Å². The van der Waals surface area contributed by atoms with Gasteiger partial charge in [0.05, 0.1) is 5.56 Å². The third-order valence-electron chi connectivity index (χ3n) is 2.17. The second-order valence-electron chi connectivity index (χ2n) is 3.47. The number of rotatable bonds is 4. The summed E-state index contributed by atoms with van der Waals surface area (Å²) < 4.78 is 19.7. The molecular weight excluding hydrogens is 323 g/mol. The van der Waals surface area contributed by atoms with Crippen LogP contribution in [0.4, 0.5) is 4.39 Å². The monoisotopic (exact) mass is 330 g/mol. The fraction of sp³-hybridized carbons (Fsp3) is 0.0833. The van der Waals surface area contributed by atoms with Crippen molar-refractivity contribution in [3.63, 3.8) is 0 Å². The Morgan fingerprint density at radius 1 is 1.44 bits per heavy atom. The number of hydrogen-bond donors (Lipinski definition) is 1. The first-order chi connectivity index (χ1) is 8.56. The summed E-state index contributed by atoms with van der Waals surface area (Å²) in [5.41, 5.74) is -0.360. The highest BCUT2D eigenvalue weighted by Crippen LogP contribution is 2.22. The van der Waals surface area contributed by atoms with Crippen LogP contribution >= 0.6 is 27.3 Å². The van der Waals surface area contributed by atoms with Crippen molar-refractivity contribution in [1.82, 2.24) is 0 Å². The van der Waals surface area contributed by atoms with Gasteiger partial charge in [-0.2, -0.15) is 0 Å². The van der Waals surface area contributed by atoms with Gasteiger partial charge >= 0.3 is 5.97 Å². The summed E-state index contributed by atoms with van der Waals surface area (Å²) in [5.74, 6) is -1.78. The molecule has 2 aromatic rings. The van der Waals surface area contributed by atoms with E-state index >= 15 is 0 Å². The molecule has 0 spiro atoms. The minimum atomic E-state index is -1.29. The summed E-state index contributed by atoms with van der Waals surface area (Å²) in [6.45, 7) is 0.322. The van der Waals surface area contributed by atoms with Crippen molar-refractivity contribution in [1.29, 1.82) is 0 Å². The van der Waals surface area contributed by atoms with E-state index in [1.54, 1.807) is 0 Å². The molecule has 0 amide bonds. The SMILES string of the molecule is O=C(O)c1ccc(OCc2cc(Br)cs2)cc1F. The molecule has 0 saturated heterocycles. The van der Waals surface area contributed by atoms with Crippen molar-refractivity contribution < 1.29 is 19.0 Å². The van der Waals surface area contributed by atoms with Crippen molar-refractivity contribution in [2.45, 2.75) is 6.61 Å². The molecule has 1 heterocycles. The van der Waals surface area contributed by atoms with Crippen molar-refractivity contribution in [3.8, 4) is 5.75 Å². The van der Waals surface area contributed by atoms with Gasteiger partial charge in [-0.15, -0.1) is 11.3 Å². The van der Waals surface area contributed by atoms with Crippen LogP contribution in [0.1, 0.15) is 15.2 Å². The summed E-state index contributed by atoms with van der Waals surface area (Å²) in [6.07, 6.45) is 0. The molecule has 1 aromatic heterocycles. The Hall–Kier alpha value is -1.40. The Kier molecular flexibility index (Phi) is 3.98. The van der Waals surface area contributed by atoms with Crippen molar-refractivity contribution in [3.05, 3.63) is 50.4 Å². The fourth-order valence-corrected chi connectivity index (χ4v) is 2.71. The number of aromatic carboxylic acids is 1. The van der Waals surface area contributed by atoms with E-state index in [2.05, 4.69) is 15.9 Å². The highest BCUT2D eigenvalue weighted by Gasteiger charge is 2.11. The van der Waals surface area contributed by atoms with E-state index in [0.717, 1.165) is 15.4 Å². The van der Waals surface area contributed by atoms with E-state index in [-0.39, 0.29) is 5.56 Å². The molecule has 0 fully saturated rings. The molecular formula is C12H8BrFO3S. The van der Waals surface area contributed by atoms with E-state index < -0.39 is 11.8 Å². The van der Waals surface area contributed by atoms with E-state index in [4.69, 9.17) is 9.84 Å². The molecule has 0 bridgehead atoms. The van der Waals surface area contributed by atoms with Crippen LogP contribution in [0.5, 0.6) is 5.75 Å². The largest absolute Gasteiger partial charge is 0.488 e. The molecule has 0 unspecified atom stereocenters. The number of halogens is 2. The number of hydrogen-bond acceptors (Lipinski definition) is 3. The zero-order chi connectivity index (χ0) is 13.1. The Labute approximate surface area is 115 Å². The standard InChI is InChI=1S/C12H8BrFO3S/c13-7-3-9(18-6-7)5-17-8-1-2-10(12(15)16)11(14)4-8/h1-4,6H,5H2,(H,15,16). The topological polar surface area (TPSA) is 46.5 Å². The highest BCUT2D eigenvalue weighted by molar-refractivity contribution is 9.10. The second-order valence-corrected chi connectivity index (χ2v) is 5.38. The molecule has 94 valence electrons. The van der Waals surface area contributed by atoms with E-state index in [1.807, 2.05) is 11.4 Å². The maximum Gasteiger partial charge on any atom is 0.338 e. The Morgan fingerprint density at radius 2 is 2.22 bits per heavy atom. The summed E-state index contributed by atoms with van der Waals surface area (Å²) in [4.78, 5) is 11.6. The van der Waals surface area contributed by atoms with Crippen molar-refractivity contribution in [2.24, 2.45) is 0 Å². The highest BCUT2D eigenvalue weighted by atomic mass is 79.9. The third-order valence-corrected chi connectivity index (χ3v) is 3.84. The van der Waals surface area contributed by atoms with E-state index in [0.29, 0.717) is 12.4 Å². The third kappa shape index (κ3) is 3.08. The second kappa shape index (κ2) is 5.49. The van der Waals surface area contributed by atoms with Crippen molar-refractivity contribution in [2.75, 3.05) is 0 Å². The number of benzene rings is 1. The smallest absolute Gasteiger partial charge is 0.338 e. The molecule has 0 aliphatic carbocycles. The maximum absolute atomic E-state index is 13.4. The molecule has 1 N–H and O–H groups in total. The van der Waals surface area contributed by atoms with Gasteiger partial charge < -0.3 is 9.84 Å². The molecule has 6 heteroatoms. The summed E-state index contributed by atoms with van der Waals surface area (Å²) in [7, 11) is 0. The number of ether oxygens (including phenoxy) is 1. The summed E-state index contributed by atoms with van der Waals surface area (Å²) >= 11 is 4.85. The van der Waals surface area contributed by atoms with Gasteiger partial charge in [0.15, 0.2) is 0 Å². The molecule has 2 rings (SSSR count). The van der Waals surface area contributed by atoms with Crippen LogP contribution in [0.15, 0.2) is 34.1 Å². The molecule has 0 radical (unpaired) electrons. The molecule has 0 aliphatic heterocycles. The Balaban J connectivity index is 2.06. The normalized spacial score (nSPS) is 10.3. The number of carboxylic acid groups (broad SMARTS) is 1. The van der Waals surface area contributed by atoms with Gasteiger partial charge in [-0.1, -0.05) is 0 Å². The fourth-order valence-electron chi connectivity index (χ4n) is 1.34. The predicted molar refractivity (Wildman–Crippen MR) is 69.7 cm³/mol. The molecule has 1 aromatic carbocycles. The van der Waals surface area contributed by atoms with Gasteiger partial charge in [-0.3, -0.25) is 0 Å². The lowest BCUT2D eigenvalue weighted by Gasteiger charge is -2.05. The van der Waals surface area contributed by atoms with E-state index in [1.165, 1.54) is 23.5 Å². The van der Waals surface area contributed by atoms with Gasteiger partial charge in [-0.25, -0.2) is 9.18 Å². The number of carbonyl (C=O) groups is 1. The van der Waals surface area contributed by atoms with Gasteiger partial charge in [0.25, 0.3) is 0 Å². The van der Waals surface area contributed by atoms with E-state index in [9.17, 15) is 9.18 Å². The Bertz CT molecular complexity index is 582. The van der Waals surface area contributed by atoms with Gasteiger partial charge in [-0.05, 0) is 34.1 Å². The van der Waals surface area contributed by atoms with Crippen molar-refractivity contribution >= 4 is 33.2 Å². The summed E-state index contributed by atoms with van der Waals surface area (Å²) in [5, 5.41) is 10.6. The number of carboxylic acids is 1. The predicted octanol–water partition coefficient (Wildman–Crippen LogP) is 3.93. The van der Waals surface area contributed by atoms with Crippen LogP contribution in [0.25, 0.3) is 0 Å². The first kappa shape index (κ1) is 13.0. The maximum atomic E-state index is 13.4. The van der Waals surface area contributed by atoms with Crippen LogP contribution in [0.2, 0.25) is 0 Å². The molecule has 0 saturated carbocycles. The molecule has 3 nitrogen and oxygen atoms in total. The van der Waals surface area contributed by atoms with Crippen LogP contribution < -0.4 is 4.74 Å². The molecule has 0 atom stereocenters. The Morgan fingerprint density at radius 3 is 2.78 bits per heavy atom. The average molecular weight is 331 g/mol. The zero-order valence-corrected chi connectivity index (χ0v) is 11.4. The first-order valence-corrected chi connectivity index (χ1v) is 6.62. The number of thiophene rings is 1. The zero-order valence-electron chi connectivity index (χ0n) is 9.02. The van der Waals surface area contributed by atoms with Crippen LogP contribution in [0, 0.1) is 5.82 Å². The lowest BCUT2D eigenvalue weighted by atomic mass is 10.2. The van der Waals surface area contributed by atoms with Crippen LogP contribution in [-0.4, -0.2) is 11.1 Å². The minimum Gasteiger partial charge on any atom is -0.488 e. The quantitative estimate of drug-likeness (QED) is 0.923. The lowest BCUT2D eigenvalue weighted by Crippen LogP contribution is -2.01.